The van der Waals surface area contributed by atoms with Crippen molar-refractivity contribution in [3.8, 4) is 11.6 Å². The van der Waals surface area contributed by atoms with Crippen LogP contribution in [0.4, 0.5) is 0 Å². The zero-order chi connectivity index (χ0) is 24.1. The third-order valence-corrected chi connectivity index (χ3v) is 6.36. The molecule has 1 N–H and O–H groups in total. The molecule has 1 aromatic heterocycles. The summed E-state index contributed by atoms with van der Waals surface area (Å²) in [5.74, 6) is 0.815. The number of aromatic amines is 1. The number of nitrogens with one attached hydrogen (secondary N) is 1. The minimum atomic E-state index is -0.197. The maximum atomic E-state index is 12.5. The van der Waals surface area contributed by atoms with Gasteiger partial charge in [-0.05, 0) is 41.0 Å². The molecule has 1 saturated heterocycles. The average Bonchev–Trinajstić information content (AvgIpc) is 3.35. The number of aromatic nitrogens is 1. The first-order chi connectivity index (χ1) is 15.1. The molecule has 2 heterocycles. The molecule has 0 amide bonds. The first-order valence-electron chi connectivity index (χ1n) is 11.1. The summed E-state index contributed by atoms with van der Waals surface area (Å²) in [5.41, 5.74) is 3.55. The Bertz CT molecular complexity index is 942. The number of pyridine rings is 1. The van der Waals surface area contributed by atoms with Gasteiger partial charge in [0.25, 0.3) is 0 Å². The van der Waals surface area contributed by atoms with Crippen molar-refractivity contribution in [2.75, 3.05) is 21.3 Å². The van der Waals surface area contributed by atoms with E-state index >= 15 is 0 Å². The number of epoxide rings is 1. The van der Waals surface area contributed by atoms with Gasteiger partial charge in [-0.3, -0.25) is 4.79 Å². The smallest absolute Gasteiger partial charge is 0.238 e. The Morgan fingerprint density at radius 1 is 1.25 bits per heavy atom. The highest BCUT2D eigenvalue weighted by Crippen LogP contribution is 2.43. The summed E-state index contributed by atoms with van der Waals surface area (Å²) in [6.45, 7) is 12.4. The van der Waals surface area contributed by atoms with Gasteiger partial charge in [0.05, 0.1) is 26.4 Å². The second-order valence-electron chi connectivity index (χ2n) is 8.86. The number of rotatable bonds is 11. The van der Waals surface area contributed by atoms with Crippen LogP contribution in [0.15, 0.2) is 40.2 Å². The zero-order valence-electron chi connectivity index (χ0n) is 21.0. The maximum absolute atomic E-state index is 12.5. The van der Waals surface area contributed by atoms with Gasteiger partial charge in [-0.15, -0.1) is 0 Å². The van der Waals surface area contributed by atoms with Crippen LogP contribution >= 0.6 is 0 Å². The summed E-state index contributed by atoms with van der Waals surface area (Å²) in [4.78, 5) is 15.6. The van der Waals surface area contributed by atoms with Crippen molar-refractivity contribution in [2.24, 2.45) is 5.92 Å². The highest BCUT2D eigenvalue weighted by Gasteiger charge is 2.56. The lowest BCUT2D eigenvalue weighted by Crippen LogP contribution is -2.35. The second-order valence-corrected chi connectivity index (χ2v) is 8.86. The minimum Gasteiger partial charge on any atom is -0.488 e. The van der Waals surface area contributed by atoms with Gasteiger partial charge in [-0.25, -0.2) is 0 Å². The molecule has 6 nitrogen and oxygen atoms in total. The van der Waals surface area contributed by atoms with E-state index in [4.69, 9.17) is 18.9 Å². The third-order valence-electron chi connectivity index (χ3n) is 6.36. The van der Waals surface area contributed by atoms with Crippen LogP contribution in [0.3, 0.4) is 0 Å². The molecular weight excluding hydrogens is 406 g/mol. The van der Waals surface area contributed by atoms with Gasteiger partial charge >= 0.3 is 0 Å². The van der Waals surface area contributed by atoms with E-state index in [0.717, 1.165) is 12.1 Å². The van der Waals surface area contributed by atoms with Gasteiger partial charge in [0, 0.05) is 30.7 Å². The molecule has 0 aromatic carbocycles. The Balaban J connectivity index is 2.00. The Hall–Kier alpha value is -2.31. The summed E-state index contributed by atoms with van der Waals surface area (Å²) in [5, 5.41) is 0. The molecule has 6 heteroatoms. The minimum absolute atomic E-state index is 0.0364. The van der Waals surface area contributed by atoms with E-state index in [1.165, 1.54) is 25.4 Å². The van der Waals surface area contributed by atoms with Gasteiger partial charge < -0.3 is 23.9 Å². The molecule has 0 radical (unpaired) electrons. The number of hydrogen-bond donors (Lipinski definition) is 1. The van der Waals surface area contributed by atoms with Crippen LogP contribution in [-0.4, -0.2) is 44.1 Å². The fourth-order valence-electron chi connectivity index (χ4n) is 4.20. The van der Waals surface area contributed by atoms with E-state index in [1.54, 1.807) is 14.0 Å². The zero-order valence-corrected chi connectivity index (χ0v) is 21.0. The molecule has 2 rings (SSSR count). The first-order valence-corrected chi connectivity index (χ1v) is 11.1. The molecular formula is C26H39NO5. The standard InChI is InChI=1S/C26H39NO5/c1-16(13-14-21-19(4)22(28)23(29-7)25(27-21)31-9)11-10-12-17(2)15-18(3)24(30-8)26(6)20(5)32-26/h10,12-13,15,18,20,24H,11,14H2,1-9H3,(H,27,28)/b12-10+,16-13+,17-15+. The second kappa shape index (κ2) is 11.0. The van der Waals surface area contributed by atoms with Gasteiger partial charge in [0.15, 0.2) is 0 Å². The van der Waals surface area contributed by atoms with Crippen molar-refractivity contribution < 1.29 is 18.9 Å². The number of methoxy groups -OCH3 is 3. The van der Waals surface area contributed by atoms with E-state index in [0.29, 0.717) is 17.9 Å². The summed E-state index contributed by atoms with van der Waals surface area (Å²) in [6, 6.07) is 0. The normalized spacial score (nSPS) is 23.3. The van der Waals surface area contributed by atoms with Gasteiger partial charge in [-0.1, -0.05) is 42.4 Å². The van der Waals surface area contributed by atoms with Crippen molar-refractivity contribution in [3.05, 3.63) is 56.9 Å². The fraction of sp³-hybridized carbons (Fsp3) is 0.577. The van der Waals surface area contributed by atoms with Gasteiger partial charge in [-0.2, -0.15) is 0 Å². The van der Waals surface area contributed by atoms with E-state index in [1.807, 2.05) is 0 Å². The first kappa shape index (κ1) is 25.9. The van der Waals surface area contributed by atoms with Crippen LogP contribution in [0.2, 0.25) is 0 Å². The predicted octanol–water partition coefficient (Wildman–Crippen LogP) is 4.91. The molecule has 1 fully saturated rings. The van der Waals surface area contributed by atoms with Gasteiger partial charge in [0.2, 0.25) is 17.1 Å². The summed E-state index contributed by atoms with van der Waals surface area (Å²) in [7, 11) is 4.74. The van der Waals surface area contributed by atoms with E-state index in [-0.39, 0.29) is 34.9 Å². The van der Waals surface area contributed by atoms with Crippen molar-refractivity contribution in [2.45, 2.75) is 72.2 Å². The van der Waals surface area contributed by atoms with Crippen molar-refractivity contribution in [3.63, 3.8) is 0 Å². The maximum Gasteiger partial charge on any atom is 0.238 e. The van der Waals surface area contributed by atoms with Crippen LogP contribution in [0, 0.1) is 12.8 Å². The molecule has 0 bridgehead atoms. The lowest BCUT2D eigenvalue weighted by Gasteiger charge is -2.24. The molecule has 1 aliphatic rings. The molecule has 178 valence electrons. The SMILES string of the molecule is COc1[nH]c(C/C=C(\C)C/C=C/C(C)=C/C(C)C(OC)C2(C)OC2C)c(C)c(=O)c1OC. The highest BCUT2D eigenvalue weighted by molar-refractivity contribution is 5.40. The fourth-order valence-corrected chi connectivity index (χ4v) is 4.20. The lowest BCUT2D eigenvalue weighted by atomic mass is 9.89. The van der Waals surface area contributed by atoms with Crippen molar-refractivity contribution in [1.29, 1.82) is 0 Å². The monoisotopic (exact) mass is 445 g/mol. The lowest BCUT2D eigenvalue weighted by molar-refractivity contribution is 0.0132. The summed E-state index contributed by atoms with van der Waals surface area (Å²) >= 11 is 0. The van der Waals surface area contributed by atoms with E-state index in [9.17, 15) is 4.79 Å². The summed E-state index contributed by atoms with van der Waals surface area (Å²) in [6.07, 6.45) is 10.4. The van der Waals surface area contributed by atoms with Crippen LogP contribution in [0.5, 0.6) is 11.6 Å². The summed E-state index contributed by atoms with van der Waals surface area (Å²) < 4.78 is 21.9. The predicted molar refractivity (Wildman–Crippen MR) is 129 cm³/mol. The van der Waals surface area contributed by atoms with Crippen molar-refractivity contribution in [1.82, 2.24) is 4.98 Å². The highest BCUT2D eigenvalue weighted by atomic mass is 16.6. The molecule has 1 aliphatic heterocycles. The largest absolute Gasteiger partial charge is 0.488 e. The molecule has 0 aliphatic carbocycles. The molecule has 32 heavy (non-hydrogen) atoms. The Morgan fingerprint density at radius 2 is 1.91 bits per heavy atom. The molecule has 4 unspecified atom stereocenters. The number of hydrogen-bond acceptors (Lipinski definition) is 5. The van der Waals surface area contributed by atoms with Crippen molar-refractivity contribution >= 4 is 0 Å². The van der Waals surface area contributed by atoms with Crippen LogP contribution < -0.4 is 14.9 Å². The van der Waals surface area contributed by atoms with Crippen LogP contribution in [-0.2, 0) is 15.9 Å². The number of allylic oxidation sites excluding steroid dienone is 5. The van der Waals surface area contributed by atoms with Gasteiger partial charge in [0.1, 0.15) is 5.60 Å². The quantitative estimate of drug-likeness (QED) is 0.298. The van der Waals surface area contributed by atoms with E-state index < -0.39 is 0 Å². The molecule has 0 saturated carbocycles. The Kier molecular flexibility index (Phi) is 8.93. The Labute approximate surface area is 192 Å². The van der Waals surface area contributed by atoms with E-state index in [2.05, 4.69) is 63.9 Å². The molecule has 0 spiro atoms. The third kappa shape index (κ3) is 5.93. The molecule has 1 aromatic rings. The average molecular weight is 446 g/mol. The topological polar surface area (TPSA) is 73.1 Å². The van der Waals surface area contributed by atoms with Crippen LogP contribution in [0.1, 0.15) is 52.3 Å². The van der Waals surface area contributed by atoms with Crippen LogP contribution in [0.25, 0.3) is 0 Å². The Morgan fingerprint density at radius 3 is 2.44 bits per heavy atom. The number of H-pyrrole nitrogens is 1. The number of ether oxygens (including phenoxy) is 4. The molecule has 4 atom stereocenters.